The van der Waals surface area contributed by atoms with Crippen molar-refractivity contribution in [1.82, 2.24) is 5.43 Å². The van der Waals surface area contributed by atoms with Crippen molar-refractivity contribution in [1.29, 1.82) is 0 Å². The lowest BCUT2D eigenvalue weighted by Gasteiger charge is -2.14. The number of phenols is 1. The zero-order valence-electron chi connectivity index (χ0n) is 15.3. The summed E-state index contributed by atoms with van der Waals surface area (Å²) in [5.41, 5.74) is 4.21. The van der Waals surface area contributed by atoms with Crippen LogP contribution in [0.3, 0.4) is 0 Å². The highest BCUT2D eigenvalue weighted by molar-refractivity contribution is 5.86. The van der Waals surface area contributed by atoms with Crippen LogP contribution in [-0.2, 0) is 4.79 Å². The van der Waals surface area contributed by atoms with E-state index >= 15 is 0 Å². The van der Waals surface area contributed by atoms with E-state index in [2.05, 4.69) is 10.5 Å². The van der Waals surface area contributed by atoms with E-state index in [1.54, 1.807) is 0 Å². The summed E-state index contributed by atoms with van der Waals surface area (Å²) in [6.45, 7) is 5.77. The summed E-state index contributed by atoms with van der Waals surface area (Å²) in [6, 6.07) is 9.34. The van der Waals surface area contributed by atoms with Gasteiger partial charge in [0.15, 0.2) is 6.61 Å². The zero-order chi connectivity index (χ0) is 20.0. The number of carbonyl (C=O) groups is 1. The number of ether oxygens (including phenoxy) is 1. The van der Waals surface area contributed by atoms with Crippen LogP contribution in [0.15, 0.2) is 41.5 Å². The number of nitro benzene ring substituents is 1. The number of nitrogens with one attached hydrogen (secondary N) is 1. The molecule has 0 atom stereocenters. The summed E-state index contributed by atoms with van der Waals surface area (Å²) in [5.74, 6) is 0.211. The van der Waals surface area contributed by atoms with Gasteiger partial charge in [-0.15, -0.1) is 0 Å². The van der Waals surface area contributed by atoms with Crippen LogP contribution in [0, 0.1) is 17.0 Å². The molecule has 0 aliphatic rings. The smallest absolute Gasteiger partial charge is 0.277 e. The van der Waals surface area contributed by atoms with Crippen molar-refractivity contribution in [2.75, 3.05) is 6.61 Å². The number of phenolic OH excluding ortho intramolecular Hbond substituents is 1. The molecule has 0 unspecified atom stereocenters. The van der Waals surface area contributed by atoms with Crippen molar-refractivity contribution in [3.05, 3.63) is 63.2 Å². The fraction of sp³-hybridized carbons (Fsp3) is 0.263. The van der Waals surface area contributed by atoms with E-state index in [9.17, 15) is 20.0 Å². The Morgan fingerprint density at radius 3 is 2.74 bits per heavy atom. The molecule has 0 heterocycles. The molecule has 0 aliphatic heterocycles. The van der Waals surface area contributed by atoms with Gasteiger partial charge in [0.25, 0.3) is 11.6 Å². The average Bonchev–Trinajstić information content (AvgIpc) is 2.61. The van der Waals surface area contributed by atoms with Crippen LogP contribution in [0.25, 0.3) is 0 Å². The Labute approximate surface area is 156 Å². The van der Waals surface area contributed by atoms with E-state index < -0.39 is 10.8 Å². The highest BCUT2D eigenvalue weighted by Crippen LogP contribution is 2.27. The minimum absolute atomic E-state index is 0.117. The van der Waals surface area contributed by atoms with Gasteiger partial charge in [-0.2, -0.15) is 5.10 Å². The van der Waals surface area contributed by atoms with E-state index in [1.807, 2.05) is 39.0 Å². The third-order valence-corrected chi connectivity index (χ3v) is 3.76. The SMILES string of the molecule is Cc1ccc(C(C)C)c(OCC(=O)NN=Cc2cc([N+](=O)[O-])ccc2O)c1. The number of amides is 1. The first kappa shape index (κ1) is 19.9. The number of carbonyl (C=O) groups excluding carboxylic acids is 1. The maximum Gasteiger partial charge on any atom is 0.277 e. The van der Waals surface area contributed by atoms with E-state index in [0.717, 1.165) is 23.4 Å². The number of benzene rings is 2. The fourth-order valence-electron chi connectivity index (χ4n) is 2.35. The van der Waals surface area contributed by atoms with Gasteiger partial charge < -0.3 is 9.84 Å². The number of hydrogen-bond donors (Lipinski definition) is 2. The number of nitro groups is 1. The molecule has 8 nitrogen and oxygen atoms in total. The molecular weight excluding hydrogens is 350 g/mol. The Hall–Kier alpha value is -3.42. The molecule has 0 saturated heterocycles. The highest BCUT2D eigenvalue weighted by Gasteiger charge is 2.11. The number of hydrogen-bond acceptors (Lipinski definition) is 6. The van der Waals surface area contributed by atoms with Gasteiger partial charge in [-0.05, 0) is 36.1 Å². The third kappa shape index (κ3) is 5.53. The highest BCUT2D eigenvalue weighted by atomic mass is 16.6. The van der Waals surface area contributed by atoms with Crippen molar-refractivity contribution in [2.24, 2.45) is 5.10 Å². The van der Waals surface area contributed by atoms with Crippen LogP contribution in [0.4, 0.5) is 5.69 Å². The molecular formula is C19H21N3O5. The summed E-state index contributed by atoms with van der Waals surface area (Å²) in [6.07, 6.45) is 1.13. The number of non-ortho nitro benzene ring substituents is 1. The maximum atomic E-state index is 11.9. The summed E-state index contributed by atoms with van der Waals surface area (Å²) in [4.78, 5) is 22.1. The van der Waals surface area contributed by atoms with Crippen LogP contribution >= 0.6 is 0 Å². The summed E-state index contributed by atoms with van der Waals surface area (Å²) >= 11 is 0. The second-order valence-corrected chi connectivity index (χ2v) is 6.28. The van der Waals surface area contributed by atoms with Crippen LogP contribution < -0.4 is 10.2 Å². The van der Waals surface area contributed by atoms with Crippen molar-refractivity contribution < 1.29 is 19.6 Å². The molecule has 0 fully saturated rings. The Bertz CT molecular complexity index is 878. The Balaban J connectivity index is 1.98. The van der Waals surface area contributed by atoms with Crippen LogP contribution in [-0.4, -0.2) is 28.8 Å². The molecule has 0 spiro atoms. The van der Waals surface area contributed by atoms with Gasteiger partial charge in [0, 0.05) is 17.7 Å². The lowest BCUT2D eigenvalue weighted by molar-refractivity contribution is -0.384. The first-order chi connectivity index (χ1) is 12.8. The fourth-order valence-corrected chi connectivity index (χ4v) is 2.35. The molecule has 8 heteroatoms. The largest absolute Gasteiger partial charge is 0.507 e. The van der Waals surface area contributed by atoms with Crippen LogP contribution in [0.1, 0.15) is 36.5 Å². The van der Waals surface area contributed by atoms with E-state index in [4.69, 9.17) is 4.74 Å². The number of hydrazone groups is 1. The van der Waals surface area contributed by atoms with E-state index in [1.165, 1.54) is 12.1 Å². The standard InChI is InChI=1S/C19H21N3O5/c1-12(2)16-6-4-13(3)8-18(16)27-11-19(24)21-20-10-14-9-15(22(25)26)5-7-17(14)23/h4-10,12,23H,11H2,1-3H3,(H,21,24). The maximum absolute atomic E-state index is 11.9. The lowest BCUT2D eigenvalue weighted by Crippen LogP contribution is -2.25. The van der Waals surface area contributed by atoms with Gasteiger partial charge in [0.05, 0.1) is 11.1 Å². The monoisotopic (exact) mass is 371 g/mol. The summed E-state index contributed by atoms with van der Waals surface area (Å²) < 4.78 is 5.59. The average molecular weight is 371 g/mol. The van der Waals surface area contributed by atoms with Crippen LogP contribution in [0.2, 0.25) is 0 Å². The van der Waals surface area contributed by atoms with E-state index in [0.29, 0.717) is 5.75 Å². The molecule has 2 rings (SSSR count). The first-order valence-electron chi connectivity index (χ1n) is 8.30. The minimum Gasteiger partial charge on any atom is -0.507 e. The quantitative estimate of drug-likeness (QED) is 0.440. The number of aryl methyl sites for hydroxylation is 1. The van der Waals surface area contributed by atoms with Crippen LogP contribution in [0.5, 0.6) is 11.5 Å². The van der Waals surface area contributed by atoms with Crippen molar-refractivity contribution in [2.45, 2.75) is 26.7 Å². The summed E-state index contributed by atoms with van der Waals surface area (Å²) in [7, 11) is 0. The van der Waals surface area contributed by atoms with Gasteiger partial charge in [-0.3, -0.25) is 14.9 Å². The molecule has 27 heavy (non-hydrogen) atoms. The molecule has 2 aromatic rings. The van der Waals surface area contributed by atoms with Crippen molar-refractivity contribution in [3.63, 3.8) is 0 Å². The van der Waals surface area contributed by atoms with E-state index in [-0.39, 0.29) is 29.5 Å². The van der Waals surface area contributed by atoms with Gasteiger partial charge in [-0.1, -0.05) is 26.0 Å². The number of rotatable bonds is 7. The molecule has 0 radical (unpaired) electrons. The van der Waals surface area contributed by atoms with Gasteiger partial charge in [-0.25, -0.2) is 5.43 Å². The summed E-state index contributed by atoms with van der Waals surface area (Å²) in [5, 5.41) is 24.2. The number of nitrogens with zero attached hydrogens (tertiary/aromatic N) is 2. The van der Waals surface area contributed by atoms with Gasteiger partial charge >= 0.3 is 0 Å². The molecule has 0 saturated carbocycles. The first-order valence-corrected chi connectivity index (χ1v) is 8.30. The minimum atomic E-state index is -0.586. The Morgan fingerprint density at radius 2 is 2.07 bits per heavy atom. The molecule has 2 N–H and O–H groups in total. The molecule has 0 bridgehead atoms. The van der Waals surface area contributed by atoms with Crippen molar-refractivity contribution in [3.8, 4) is 11.5 Å². The number of aromatic hydroxyl groups is 1. The molecule has 0 aliphatic carbocycles. The normalized spacial score (nSPS) is 11.0. The topological polar surface area (TPSA) is 114 Å². The molecule has 1 amide bonds. The van der Waals surface area contributed by atoms with Gasteiger partial charge in [0.1, 0.15) is 11.5 Å². The lowest BCUT2D eigenvalue weighted by atomic mass is 10.0. The Kier molecular flexibility index (Phi) is 6.48. The molecule has 142 valence electrons. The second-order valence-electron chi connectivity index (χ2n) is 6.28. The second kappa shape index (κ2) is 8.79. The predicted octanol–water partition coefficient (Wildman–Crippen LogP) is 3.26. The van der Waals surface area contributed by atoms with Gasteiger partial charge in [0.2, 0.25) is 0 Å². The van der Waals surface area contributed by atoms with Crippen molar-refractivity contribution >= 4 is 17.8 Å². The molecule has 0 aromatic heterocycles. The Morgan fingerprint density at radius 1 is 1.33 bits per heavy atom. The predicted molar refractivity (Wildman–Crippen MR) is 101 cm³/mol. The third-order valence-electron chi connectivity index (χ3n) is 3.76. The molecule has 2 aromatic carbocycles. The zero-order valence-corrected chi connectivity index (χ0v) is 15.3.